The molecule has 0 saturated heterocycles. The van der Waals surface area contributed by atoms with Crippen LogP contribution in [0.1, 0.15) is 10.4 Å². The van der Waals surface area contributed by atoms with Crippen LogP contribution >= 0.6 is 0 Å². The van der Waals surface area contributed by atoms with Gasteiger partial charge in [0.25, 0.3) is 5.91 Å². The van der Waals surface area contributed by atoms with Gasteiger partial charge in [0.2, 0.25) is 0 Å². The van der Waals surface area contributed by atoms with Crippen LogP contribution in [0.5, 0.6) is 5.75 Å². The number of para-hydroxylation sites is 1. The van der Waals surface area contributed by atoms with Gasteiger partial charge in [-0.1, -0.05) is 36.4 Å². The molecule has 1 amide bonds. The minimum atomic E-state index is -0.0768. The molecule has 6 nitrogen and oxygen atoms in total. The number of benzene rings is 2. The Morgan fingerprint density at radius 1 is 1.00 bits per heavy atom. The third kappa shape index (κ3) is 6.47. The molecule has 0 aliphatic rings. The zero-order valence-electron chi connectivity index (χ0n) is 15.3. The highest BCUT2D eigenvalue weighted by Crippen LogP contribution is 2.07. The monoisotopic (exact) mass is 354 g/mol. The van der Waals surface area contributed by atoms with Crippen molar-refractivity contribution in [1.82, 2.24) is 15.5 Å². The van der Waals surface area contributed by atoms with Crippen LogP contribution in [0.15, 0.2) is 65.7 Å². The standard InChI is InChI=1S/C20H26N4O2/c1-21-20(24(2)15-16-26-18-11-7-4-8-12-18)23-14-13-22-19(25)17-9-5-3-6-10-17/h3-12H,13-16H2,1-2H3,(H,21,23)(H,22,25). The van der Waals surface area contributed by atoms with Gasteiger partial charge < -0.3 is 20.3 Å². The van der Waals surface area contributed by atoms with Crippen LogP contribution in [0.2, 0.25) is 0 Å². The molecule has 0 aliphatic carbocycles. The first-order chi connectivity index (χ1) is 12.7. The van der Waals surface area contributed by atoms with Crippen molar-refractivity contribution in [2.75, 3.05) is 40.3 Å². The number of rotatable bonds is 8. The zero-order valence-corrected chi connectivity index (χ0v) is 15.3. The van der Waals surface area contributed by atoms with Crippen LogP contribution in [-0.2, 0) is 0 Å². The highest BCUT2D eigenvalue weighted by atomic mass is 16.5. The number of hydrogen-bond acceptors (Lipinski definition) is 3. The first-order valence-corrected chi connectivity index (χ1v) is 8.63. The normalized spacial score (nSPS) is 10.9. The zero-order chi connectivity index (χ0) is 18.6. The largest absolute Gasteiger partial charge is 0.492 e. The third-order valence-corrected chi connectivity index (χ3v) is 3.74. The van der Waals surface area contributed by atoms with Gasteiger partial charge >= 0.3 is 0 Å². The molecule has 0 unspecified atom stereocenters. The molecular formula is C20H26N4O2. The Hall–Kier alpha value is -3.02. The summed E-state index contributed by atoms with van der Waals surface area (Å²) in [6.07, 6.45) is 0. The van der Waals surface area contributed by atoms with E-state index in [4.69, 9.17) is 4.74 Å². The van der Waals surface area contributed by atoms with Crippen molar-refractivity contribution in [1.29, 1.82) is 0 Å². The summed E-state index contributed by atoms with van der Waals surface area (Å²) >= 11 is 0. The van der Waals surface area contributed by atoms with Crippen LogP contribution < -0.4 is 15.4 Å². The van der Waals surface area contributed by atoms with Gasteiger partial charge in [-0.15, -0.1) is 0 Å². The summed E-state index contributed by atoms with van der Waals surface area (Å²) in [5, 5.41) is 6.11. The van der Waals surface area contributed by atoms with Crippen molar-refractivity contribution in [3.63, 3.8) is 0 Å². The predicted octanol–water partition coefficient (Wildman–Crippen LogP) is 2.00. The smallest absolute Gasteiger partial charge is 0.251 e. The van der Waals surface area contributed by atoms with E-state index in [1.807, 2.05) is 60.5 Å². The Morgan fingerprint density at radius 3 is 2.27 bits per heavy atom. The quantitative estimate of drug-likeness (QED) is 0.432. The number of carbonyl (C=O) groups is 1. The molecule has 2 aromatic carbocycles. The summed E-state index contributed by atoms with van der Waals surface area (Å²) in [7, 11) is 3.69. The molecule has 0 aliphatic heterocycles. The average molecular weight is 354 g/mol. The molecule has 138 valence electrons. The molecule has 2 N–H and O–H groups in total. The Labute approximate surface area is 154 Å². The van der Waals surface area contributed by atoms with Crippen molar-refractivity contribution in [2.24, 2.45) is 4.99 Å². The molecule has 0 aromatic heterocycles. The highest BCUT2D eigenvalue weighted by molar-refractivity contribution is 5.94. The molecule has 0 saturated carbocycles. The van der Waals surface area contributed by atoms with E-state index in [2.05, 4.69) is 15.6 Å². The maximum atomic E-state index is 12.0. The minimum Gasteiger partial charge on any atom is -0.492 e. The maximum Gasteiger partial charge on any atom is 0.251 e. The lowest BCUT2D eigenvalue weighted by molar-refractivity contribution is 0.0954. The van der Waals surface area contributed by atoms with Crippen LogP contribution in [0.3, 0.4) is 0 Å². The fourth-order valence-corrected chi connectivity index (χ4v) is 2.35. The van der Waals surface area contributed by atoms with Gasteiger partial charge in [-0.2, -0.15) is 0 Å². The fourth-order valence-electron chi connectivity index (χ4n) is 2.35. The van der Waals surface area contributed by atoms with Crippen LogP contribution in [0.4, 0.5) is 0 Å². The van der Waals surface area contributed by atoms with E-state index >= 15 is 0 Å². The second kappa shape index (κ2) is 10.8. The van der Waals surface area contributed by atoms with Gasteiger partial charge in [-0.05, 0) is 24.3 Å². The van der Waals surface area contributed by atoms with E-state index in [0.717, 1.165) is 11.7 Å². The topological polar surface area (TPSA) is 66.0 Å². The second-order valence-electron chi connectivity index (χ2n) is 5.68. The lowest BCUT2D eigenvalue weighted by Crippen LogP contribution is -2.43. The van der Waals surface area contributed by atoms with E-state index in [9.17, 15) is 4.79 Å². The van der Waals surface area contributed by atoms with Gasteiger partial charge in [-0.3, -0.25) is 9.79 Å². The van der Waals surface area contributed by atoms with E-state index in [-0.39, 0.29) is 5.91 Å². The highest BCUT2D eigenvalue weighted by Gasteiger charge is 2.07. The summed E-state index contributed by atoms with van der Waals surface area (Å²) in [4.78, 5) is 18.2. The summed E-state index contributed by atoms with van der Waals surface area (Å²) in [6, 6.07) is 18.9. The lowest BCUT2D eigenvalue weighted by atomic mass is 10.2. The number of guanidine groups is 1. The van der Waals surface area contributed by atoms with Gasteiger partial charge in [0, 0.05) is 32.7 Å². The number of nitrogens with zero attached hydrogens (tertiary/aromatic N) is 2. The molecular weight excluding hydrogens is 328 g/mol. The van der Waals surface area contributed by atoms with Gasteiger partial charge in [0.15, 0.2) is 5.96 Å². The third-order valence-electron chi connectivity index (χ3n) is 3.74. The number of nitrogens with one attached hydrogen (secondary N) is 2. The van der Waals surface area contributed by atoms with Crippen molar-refractivity contribution in [2.45, 2.75) is 0 Å². The molecule has 0 radical (unpaired) electrons. The lowest BCUT2D eigenvalue weighted by Gasteiger charge is -2.22. The summed E-state index contributed by atoms with van der Waals surface area (Å²) in [5.74, 6) is 1.54. The van der Waals surface area contributed by atoms with Gasteiger partial charge in [-0.25, -0.2) is 0 Å². The van der Waals surface area contributed by atoms with Crippen LogP contribution in [0.25, 0.3) is 0 Å². The van der Waals surface area contributed by atoms with Gasteiger partial charge in [0.1, 0.15) is 12.4 Å². The summed E-state index contributed by atoms with van der Waals surface area (Å²) in [5.41, 5.74) is 0.659. The number of likely N-dealkylation sites (N-methyl/N-ethyl adjacent to an activating group) is 1. The van der Waals surface area contributed by atoms with Gasteiger partial charge in [0.05, 0.1) is 6.54 Å². The Balaban J connectivity index is 1.65. The SMILES string of the molecule is CN=C(NCCNC(=O)c1ccccc1)N(C)CCOc1ccccc1. The average Bonchev–Trinajstić information content (AvgIpc) is 2.69. The predicted molar refractivity (Wildman–Crippen MR) is 105 cm³/mol. The number of aliphatic imine (C=N–C) groups is 1. The number of amides is 1. The number of hydrogen-bond donors (Lipinski definition) is 2. The Morgan fingerprint density at radius 2 is 1.62 bits per heavy atom. The molecule has 0 fully saturated rings. The Kier molecular flexibility index (Phi) is 7.99. The molecule has 2 aromatic rings. The van der Waals surface area contributed by atoms with Crippen molar-refractivity contribution in [3.05, 3.63) is 66.2 Å². The van der Waals surface area contributed by atoms with Crippen molar-refractivity contribution in [3.8, 4) is 5.75 Å². The first-order valence-electron chi connectivity index (χ1n) is 8.63. The van der Waals surface area contributed by atoms with E-state index in [0.29, 0.717) is 31.8 Å². The second-order valence-corrected chi connectivity index (χ2v) is 5.68. The fraction of sp³-hybridized carbons (Fsp3) is 0.300. The van der Waals surface area contributed by atoms with E-state index in [1.54, 1.807) is 19.2 Å². The van der Waals surface area contributed by atoms with Crippen LogP contribution in [-0.4, -0.2) is 57.1 Å². The molecule has 26 heavy (non-hydrogen) atoms. The number of ether oxygens (including phenoxy) is 1. The molecule has 0 heterocycles. The summed E-state index contributed by atoms with van der Waals surface area (Å²) in [6.45, 7) is 2.37. The first kappa shape index (κ1) is 19.3. The van der Waals surface area contributed by atoms with Crippen LogP contribution in [0, 0.1) is 0 Å². The van der Waals surface area contributed by atoms with E-state index < -0.39 is 0 Å². The molecule has 0 atom stereocenters. The maximum absolute atomic E-state index is 12.0. The molecule has 0 spiro atoms. The number of carbonyl (C=O) groups excluding carboxylic acids is 1. The summed E-state index contributed by atoms with van der Waals surface area (Å²) < 4.78 is 5.70. The molecule has 2 rings (SSSR count). The molecule has 6 heteroatoms. The minimum absolute atomic E-state index is 0.0768. The molecule has 0 bridgehead atoms. The Bertz CT molecular complexity index is 689. The van der Waals surface area contributed by atoms with E-state index in [1.165, 1.54) is 0 Å². The van der Waals surface area contributed by atoms with Crippen molar-refractivity contribution < 1.29 is 9.53 Å². The van der Waals surface area contributed by atoms with Crippen molar-refractivity contribution >= 4 is 11.9 Å².